The normalized spacial score (nSPS) is 13.2. The molecule has 0 aliphatic rings. The van der Waals surface area contributed by atoms with E-state index in [1.807, 2.05) is 29.8 Å². The largest absolute Gasteiger partial charge is 0.480 e. The molecular weight excluding hydrogens is 221 g/mol. The Hall–Kier alpha value is 0.160. The third-order valence-corrected chi connectivity index (χ3v) is 1.59. The molecule has 0 bridgehead atoms. The van der Waals surface area contributed by atoms with Gasteiger partial charge < -0.3 is 5.11 Å². The summed E-state index contributed by atoms with van der Waals surface area (Å²) in [6, 6.07) is -0.393. The third kappa shape index (κ3) is 2.46. The molecule has 8 heavy (non-hydrogen) atoms. The molecule has 0 aromatic rings. The second-order valence-corrected chi connectivity index (χ2v) is 2.03. The average Bonchev–Trinajstić information content (AvgIpc) is 1.69. The Labute approximate surface area is 62.0 Å². The van der Waals surface area contributed by atoms with Gasteiger partial charge in [-0.05, 0) is 6.42 Å². The first-order valence-electron chi connectivity index (χ1n) is 2.31. The highest BCUT2D eigenvalue weighted by molar-refractivity contribution is 14.1. The van der Waals surface area contributed by atoms with Crippen LogP contribution in [0.25, 0.3) is 0 Å². The molecule has 3 nitrogen and oxygen atoms in total. The van der Waals surface area contributed by atoms with Crippen molar-refractivity contribution >= 4 is 28.8 Å². The van der Waals surface area contributed by atoms with Gasteiger partial charge in [0.15, 0.2) is 0 Å². The molecule has 1 atom stereocenters. The molecule has 0 heterocycles. The fourth-order valence-corrected chi connectivity index (χ4v) is 1.01. The Balaban J connectivity index is 3.52. The second kappa shape index (κ2) is 4.08. The van der Waals surface area contributed by atoms with Gasteiger partial charge >= 0.3 is 5.97 Å². The molecule has 0 saturated heterocycles. The van der Waals surface area contributed by atoms with Crippen LogP contribution < -0.4 is 3.53 Å². The van der Waals surface area contributed by atoms with Gasteiger partial charge in [0.2, 0.25) is 0 Å². The van der Waals surface area contributed by atoms with Crippen LogP contribution in [0, 0.1) is 0 Å². The lowest BCUT2D eigenvalue weighted by molar-refractivity contribution is -0.138. The molecule has 4 heteroatoms. The highest BCUT2D eigenvalue weighted by Gasteiger charge is 2.10. The van der Waals surface area contributed by atoms with Gasteiger partial charge in [-0.15, -0.1) is 0 Å². The van der Waals surface area contributed by atoms with Gasteiger partial charge in [0.1, 0.15) is 6.04 Å². The zero-order valence-corrected chi connectivity index (χ0v) is 6.68. The van der Waals surface area contributed by atoms with Gasteiger partial charge in [-0.25, -0.2) is 3.53 Å². The molecule has 0 aromatic carbocycles. The van der Waals surface area contributed by atoms with E-state index in [1.54, 1.807) is 0 Å². The molecule has 0 spiro atoms. The van der Waals surface area contributed by atoms with Crippen molar-refractivity contribution in [3.8, 4) is 0 Å². The lowest BCUT2D eigenvalue weighted by Gasteiger charge is -2.03. The van der Waals surface area contributed by atoms with Crippen molar-refractivity contribution in [1.82, 2.24) is 3.53 Å². The van der Waals surface area contributed by atoms with Crippen LogP contribution in [0.1, 0.15) is 13.3 Å². The average molecular weight is 229 g/mol. The van der Waals surface area contributed by atoms with Crippen molar-refractivity contribution in [1.29, 1.82) is 0 Å². The van der Waals surface area contributed by atoms with Crippen LogP contribution in [0.3, 0.4) is 0 Å². The summed E-state index contributed by atoms with van der Waals surface area (Å²) in [5.41, 5.74) is 0. The number of carboxylic acids is 1. The first kappa shape index (κ1) is 8.16. The summed E-state index contributed by atoms with van der Waals surface area (Å²) in [7, 11) is 0. The van der Waals surface area contributed by atoms with Crippen molar-refractivity contribution in [3.63, 3.8) is 0 Å². The summed E-state index contributed by atoms with van der Waals surface area (Å²) in [6.07, 6.45) is 0.623. The lowest BCUT2D eigenvalue weighted by atomic mass is 10.2. The van der Waals surface area contributed by atoms with E-state index in [9.17, 15) is 4.79 Å². The Morgan fingerprint density at radius 1 is 2.00 bits per heavy atom. The zero-order chi connectivity index (χ0) is 6.57. The number of carboxylic acid groups (broad SMARTS) is 1. The number of halogens is 1. The number of hydrogen-bond donors (Lipinski definition) is 2. The fraction of sp³-hybridized carbons (Fsp3) is 0.750. The SMILES string of the molecule is CC[C@@H](NI)C(=O)O. The van der Waals surface area contributed by atoms with Crippen LogP contribution in [0.2, 0.25) is 0 Å². The number of carbonyl (C=O) groups is 1. The maximum atomic E-state index is 10.1. The third-order valence-electron chi connectivity index (χ3n) is 0.838. The number of rotatable bonds is 3. The number of hydrogen-bond acceptors (Lipinski definition) is 2. The van der Waals surface area contributed by atoms with Crippen molar-refractivity contribution in [3.05, 3.63) is 0 Å². The Morgan fingerprint density at radius 2 is 2.50 bits per heavy atom. The molecule has 0 aliphatic heterocycles. The van der Waals surface area contributed by atoms with Crippen LogP contribution in [0.15, 0.2) is 0 Å². The van der Waals surface area contributed by atoms with Crippen LogP contribution in [-0.2, 0) is 4.79 Å². The van der Waals surface area contributed by atoms with Crippen molar-refractivity contribution < 1.29 is 9.90 Å². The van der Waals surface area contributed by atoms with Crippen molar-refractivity contribution in [2.24, 2.45) is 0 Å². The summed E-state index contributed by atoms with van der Waals surface area (Å²) in [5.74, 6) is -0.790. The Kier molecular flexibility index (Phi) is 4.16. The zero-order valence-electron chi connectivity index (χ0n) is 4.52. The number of aliphatic carboxylic acids is 1. The first-order chi connectivity index (χ1) is 3.72. The van der Waals surface area contributed by atoms with Crippen molar-refractivity contribution in [2.75, 3.05) is 0 Å². The van der Waals surface area contributed by atoms with E-state index in [0.717, 1.165) is 0 Å². The van der Waals surface area contributed by atoms with Crippen LogP contribution in [0.5, 0.6) is 0 Å². The van der Waals surface area contributed by atoms with Gasteiger partial charge in [-0.1, -0.05) is 6.92 Å². The lowest BCUT2D eigenvalue weighted by Crippen LogP contribution is -2.28. The van der Waals surface area contributed by atoms with Gasteiger partial charge in [0.25, 0.3) is 0 Å². The van der Waals surface area contributed by atoms with Crippen LogP contribution >= 0.6 is 22.9 Å². The highest BCUT2D eigenvalue weighted by atomic mass is 127. The van der Waals surface area contributed by atoms with Crippen LogP contribution in [0.4, 0.5) is 0 Å². The van der Waals surface area contributed by atoms with Gasteiger partial charge in [0.05, 0.1) is 0 Å². The number of nitrogens with one attached hydrogen (secondary N) is 1. The van der Waals surface area contributed by atoms with Gasteiger partial charge in [-0.2, -0.15) is 0 Å². The molecule has 0 aliphatic carbocycles. The molecule has 0 fully saturated rings. The molecule has 0 saturated carbocycles. The van der Waals surface area contributed by atoms with E-state index in [-0.39, 0.29) is 0 Å². The monoisotopic (exact) mass is 229 g/mol. The molecule has 0 aromatic heterocycles. The van der Waals surface area contributed by atoms with E-state index in [2.05, 4.69) is 3.53 Å². The highest BCUT2D eigenvalue weighted by Crippen LogP contribution is 1.91. The fourth-order valence-electron chi connectivity index (χ4n) is 0.298. The van der Waals surface area contributed by atoms with E-state index < -0.39 is 12.0 Å². The summed E-state index contributed by atoms with van der Waals surface area (Å²) >= 11 is 1.83. The minimum atomic E-state index is -0.790. The molecule has 0 unspecified atom stereocenters. The topological polar surface area (TPSA) is 49.3 Å². The maximum Gasteiger partial charge on any atom is 0.321 e. The predicted octanol–water partition coefficient (Wildman–Crippen LogP) is 0.789. The minimum Gasteiger partial charge on any atom is -0.480 e. The van der Waals surface area contributed by atoms with E-state index in [1.165, 1.54) is 0 Å². The van der Waals surface area contributed by atoms with Crippen LogP contribution in [-0.4, -0.2) is 17.1 Å². The first-order valence-corrected chi connectivity index (χ1v) is 3.39. The molecule has 48 valence electrons. The van der Waals surface area contributed by atoms with Gasteiger partial charge in [-0.3, -0.25) is 4.79 Å². The quantitative estimate of drug-likeness (QED) is 0.555. The van der Waals surface area contributed by atoms with E-state index in [4.69, 9.17) is 5.11 Å². The molecule has 0 amide bonds. The van der Waals surface area contributed by atoms with Gasteiger partial charge in [0, 0.05) is 22.9 Å². The Morgan fingerprint density at radius 3 is 2.50 bits per heavy atom. The second-order valence-electron chi connectivity index (χ2n) is 1.41. The summed E-state index contributed by atoms with van der Waals surface area (Å²) in [6.45, 7) is 1.82. The summed E-state index contributed by atoms with van der Waals surface area (Å²) in [5, 5.41) is 8.31. The molecule has 0 rings (SSSR count). The summed E-state index contributed by atoms with van der Waals surface area (Å²) in [4.78, 5) is 10.1. The standard InChI is InChI=1S/C4H8INO2/c1-2-3(6-5)4(7)8/h3,6H,2H2,1H3,(H,7,8)/t3-/m1/s1. The van der Waals surface area contributed by atoms with Crippen molar-refractivity contribution in [2.45, 2.75) is 19.4 Å². The van der Waals surface area contributed by atoms with E-state index >= 15 is 0 Å². The molecular formula is C4H8INO2. The minimum absolute atomic E-state index is 0.393. The Bertz CT molecular complexity index is 82.1. The maximum absolute atomic E-state index is 10.1. The molecule has 2 N–H and O–H groups in total. The smallest absolute Gasteiger partial charge is 0.321 e. The molecule has 0 radical (unpaired) electrons. The van der Waals surface area contributed by atoms with E-state index in [0.29, 0.717) is 6.42 Å². The summed E-state index contributed by atoms with van der Waals surface area (Å²) < 4.78 is 2.62. The predicted molar refractivity (Wildman–Crippen MR) is 38.9 cm³/mol.